The average Bonchev–Trinajstić information content (AvgIpc) is 3.58. The highest BCUT2D eigenvalue weighted by atomic mass is 16.2. The molecule has 0 unspecified atom stereocenters. The minimum atomic E-state index is -0.763. The first-order chi connectivity index (χ1) is 23.2. The zero-order valence-corrected chi connectivity index (χ0v) is 28.3. The molecule has 0 spiro atoms. The number of carbonyl (C=O) groups excluding carboxylic acids is 3. The number of rotatable bonds is 17. The topological polar surface area (TPSA) is 146 Å². The van der Waals surface area contributed by atoms with Gasteiger partial charge in [0.1, 0.15) is 12.1 Å². The first-order valence-electron chi connectivity index (χ1n) is 17.0. The van der Waals surface area contributed by atoms with E-state index in [-0.39, 0.29) is 29.7 Å². The molecule has 1 aliphatic heterocycles. The zero-order valence-electron chi connectivity index (χ0n) is 28.3. The van der Waals surface area contributed by atoms with Crippen LogP contribution in [0.2, 0.25) is 0 Å². The highest BCUT2D eigenvalue weighted by Crippen LogP contribution is 2.23. The number of hydrogen-bond acceptors (Lipinski definition) is 5. The lowest BCUT2D eigenvalue weighted by Crippen LogP contribution is -2.54. The summed E-state index contributed by atoms with van der Waals surface area (Å²) in [6, 6.07) is 27.9. The van der Waals surface area contributed by atoms with Gasteiger partial charge < -0.3 is 31.9 Å². The highest BCUT2D eigenvalue weighted by Gasteiger charge is 2.35. The summed E-state index contributed by atoms with van der Waals surface area (Å²) in [7, 11) is 1.73. The molecule has 1 saturated heterocycles. The van der Waals surface area contributed by atoms with Gasteiger partial charge in [-0.15, -0.1) is 0 Å². The Labute approximate surface area is 285 Å². The van der Waals surface area contributed by atoms with Crippen molar-refractivity contribution in [3.8, 4) is 0 Å². The molecule has 3 aromatic carbocycles. The van der Waals surface area contributed by atoms with Crippen molar-refractivity contribution in [2.45, 2.75) is 76.0 Å². The van der Waals surface area contributed by atoms with Crippen LogP contribution in [0, 0.1) is 0 Å². The highest BCUT2D eigenvalue weighted by molar-refractivity contribution is 5.90. The van der Waals surface area contributed by atoms with Crippen LogP contribution in [-0.2, 0) is 33.6 Å². The Morgan fingerprint density at radius 1 is 0.875 bits per heavy atom. The lowest BCUT2D eigenvalue weighted by molar-refractivity contribution is -0.138. The second-order valence-corrected chi connectivity index (χ2v) is 12.5. The molecule has 0 saturated carbocycles. The molecule has 3 aromatic rings. The quantitative estimate of drug-likeness (QED) is 0.130. The van der Waals surface area contributed by atoms with Crippen LogP contribution in [0.3, 0.4) is 0 Å². The van der Waals surface area contributed by atoms with Crippen molar-refractivity contribution < 1.29 is 14.4 Å². The number of nitrogens with one attached hydrogen (secondary N) is 2. The minimum Gasteiger partial charge on any atom is -0.370 e. The largest absolute Gasteiger partial charge is 0.370 e. The van der Waals surface area contributed by atoms with Gasteiger partial charge in [0.05, 0.1) is 6.04 Å². The number of aliphatic imine (C=N–C) groups is 1. The number of guanidine groups is 1. The Balaban J connectivity index is 1.50. The summed E-state index contributed by atoms with van der Waals surface area (Å²) in [6.45, 7) is 3.34. The maximum Gasteiger partial charge on any atom is 0.247 e. The van der Waals surface area contributed by atoms with E-state index in [4.69, 9.17) is 11.5 Å². The van der Waals surface area contributed by atoms with Gasteiger partial charge in [-0.3, -0.25) is 14.4 Å². The maximum absolute atomic E-state index is 14.1. The van der Waals surface area contributed by atoms with E-state index in [0.29, 0.717) is 51.7 Å². The first-order valence-corrected chi connectivity index (χ1v) is 17.0. The predicted molar refractivity (Wildman–Crippen MR) is 191 cm³/mol. The fraction of sp³-hybridized carbons (Fsp3) is 0.421. The van der Waals surface area contributed by atoms with Gasteiger partial charge in [-0.1, -0.05) is 91.0 Å². The van der Waals surface area contributed by atoms with Gasteiger partial charge in [-0.05, 0) is 69.2 Å². The summed E-state index contributed by atoms with van der Waals surface area (Å²) in [5, 5.41) is 5.98. The van der Waals surface area contributed by atoms with Gasteiger partial charge in [0, 0.05) is 32.1 Å². The number of carbonyl (C=O) groups is 3. The van der Waals surface area contributed by atoms with Crippen molar-refractivity contribution in [3.05, 3.63) is 108 Å². The molecule has 10 nitrogen and oxygen atoms in total. The summed E-state index contributed by atoms with van der Waals surface area (Å²) < 4.78 is 0. The summed E-state index contributed by atoms with van der Waals surface area (Å²) in [5.41, 5.74) is 14.8. The average molecular weight is 654 g/mol. The Morgan fingerprint density at radius 2 is 1.46 bits per heavy atom. The smallest absolute Gasteiger partial charge is 0.247 e. The number of benzene rings is 3. The molecule has 4 atom stereocenters. The Hall–Kier alpha value is -4.70. The number of likely N-dealkylation sites (tertiary alicyclic amines) is 1. The van der Waals surface area contributed by atoms with Crippen molar-refractivity contribution in [1.82, 2.24) is 20.4 Å². The number of nitrogens with zero attached hydrogens (tertiary/aromatic N) is 3. The predicted octanol–water partition coefficient (Wildman–Crippen LogP) is 3.05. The number of hydrogen-bond donors (Lipinski definition) is 4. The minimum absolute atomic E-state index is 0.0574. The van der Waals surface area contributed by atoms with Crippen LogP contribution in [-0.4, -0.2) is 84.3 Å². The molecule has 6 N–H and O–H groups in total. The molecule has 0 bridgehead atoms. The van der Waals surface area contributed by atoms with Gasteiger partial charge in [-0.2, -0.15) is 0 Å². The number of aryl methyl sites for hydroxylation is 1. The number of amides is 3. The van der Waals surface area contributed by atoms with E-state index in [1.807, 2.05) is 88.7 Å². The van der Waals surface area contributed by atoms with E-state index in [1.54, 1.807) is 14.0 Å². The van der Waals surface area contributed by atoms with Crippen molar-refractivity contribution >= 4 is 23.7 Å². The summed E-state index contributed by atoms with van der Waals surface area (Å²) >= 11 is 0. The van der Waals surface area contributed by atoms with Crippen molar-refractivity contribution in [3.63, 3.8) is 0 Å². The molecule has 0 aliphatic carbocycles. The third-order valence-electron chi connectivity index (χ3n) is 9.08. The second-order valence-electron chi connectivity index (χ2n) is 12.5. The van der Waals surface area contributed by atoms with Crippen LogP contribution in [0.15, 0.2) is 96.0 Å². The molecule has 1 heterocycles. The monoisotopic (exact) mass is 653 g/mol. The molecule has 0 radical (unpaired) electrons. The van der Waals surface area contributed by atoms with Crippen LogP contribution < -0.4 is 22.1 Å². The van der Waals surface area contributed by atoms with Gasteiger partial charge in [-0.25, -0.2) is 4.99 Å². The van der Waals surface area contributed by atoms with Crippen LogP contribution >= 0.6 is 0 Å². The summed E-state index contributed by atoms with van der Waals surface area (Å²) in [6.07, 6.45) is 4.52. The third kappa shape index (κ3) is 10.9. The lowest BCUT2D eigenvalue weighted by atomic mass is 10.0. The van der Waals surface area contributed by atoms with Crippen molar-refractivity contribution in [1.29, 1.82) is 0 Å². The lowest BCUT2D eigenvalue weighted by Gasteiger charge is -2.32. The number of likely N-dealkylation sites (N-methyl/N-ethyl adjacent to an activating group) is 1. The van der Waals surface area contributed by atoms with E-state index in [9.17, 15) is 14.4 Å². The molecule has 4 rings (SSSR count). The van der Waals surface area contributed by atoms with E-state index in [1.165, 1.54) is 0 Å². The molecule has 256 valence electrons. The van der Waals surface area contributed by atoms with Crippen molar-refractivity contribution in [2.75, 3.05) is 26.7 Å². The second kappa shape index (κ2) is 18.6. The van der Waals surface area contributed by atoms with Crippen molar-refractivity contribution in [2.24, 2.45) is 16.5 Å². The molecule has 1 aliphatic rings. The van der Waals surface area contributed by atoms with E-state index in [2.05, 4.69) is 27.8 Å². The van der Waals surface area contributed by atoms with E-state index >= 15 is 0 Å². The van der Waals surface area contributed by atoms with Crippen LogP contribution in [0.4, 0.5) is 0 Å². The fourth-order valence-corrected chi connectivity index (χ4v) is 6.23. The van der Waals surface area contributed by atoms with Gasteiger partial charge in [0.2, 0.25) is 17.7 Å². The van der Waals surface area contributed by atoms with Gasteiger partial charge >= 0.3 is 0 Å². The SMILES string of the molecule is CN[C@@H](C)C(=O)N[C@@H](CCc1ccccc1)C(=O)N1CCC[C@H]1CCN(CCc1ccccc1)C(=O)[C@@H](Cc1ccccc1)N=C(N)N. The third-order valence-corrected chi connectivity index (χ3v) is 9.08. The molecular formula is C38H51N7O3. The normalized spacial score (nSPS) is 16.0. The molecule has 10 heteroatoms. The zero-order chi connectivity index (χ0) is 34.3. The van der Waals surface area contributed by atoms with Crippen LogP contribution in [0.25, 0.3) is 0 Å². The Kier molecular flexibility index (Phi) is 14.0. The first kappa shape index (κ1) is 36.1. The van der Waals surface area contributed by atoms with Gasteiger partial charge in [0.25, 0.3) is 0 Å². The summed E-state index contributed by atoms with van der Waals surface area (Å²) in [5.74, 6) is -0.555. The number of nitrogens with two attached hydrogens (primary N) is 2. The van der Waals surface area contributed by atoms with E-state index in [0.717, 1.165) is 29.5 Å². The Bertz CT molecular complexity index is 1470. The van der Waals surface area contributed by atoms with Gasteiger partial charge in [0.15, 0.2) is 5.96 Å². The summed E-state index contributed by atoms with van der Waals surface area (Å²) in [4.78, 5) is 49.3. The van der Waals surface area contributed by atoms with Crippen LogP contribution in [0.5, 0.6) is 0 Å². The van der Waals surface area contributed by atoms with Crippen LogP contribution in [0.1, 0.15) is 49.3 Å². The molecule has 1 fully saturated rings. The molecule has 3 amide bonds. The molecule has 0 aromatic heterocycles. The molecule has 48 heavy (non-hydrogen) atoms. The van der Waals surface area contributed by atoms with E-state index < -0.39 is 18.1 Å². The molecular weight excluding hydrogens is 602 g/mol. The maximum atomic E-state index is 14.1. The Morgan fingerprint density at radius 3 is 2.04 bits per heavy atom. The standard InChI is InChI=1S/C38H51N7O3/c1-28(41-2)35(46)42-33(21-20-29-13-6-3-7-14-29)37(48)45-24-12-19-32(45)23-26-44(25-22-30-15-8-4-9-16-30)36(47)34(43-38(39)40)27-31-17-10-5-11-18-31/h3-11,13-18,28,32-34,41H,12,19-27H2,1-2H3,(H,42,46)(H4,39,40,43)/t28-,32-,33-,34+/m0/s1. The fourth-order valence-electron chi connectivity index (χ4n) is 6.23.